The Bertz CT molecular complexity index is 428. The third-order valence-corrected chi connectivity index (χ3v) is 2.65. The second kappa shape index (κ2) is 5.87. The van der Waals surface area contributed by atoms with Gasteiger partial charge in [-0.05, 0) is 32.9 Å². The minimum Gasteiger partial charge on any atom is -0.387 e. The van der Waals surface area contributed by atoms with Gasteiger partial charge in [0, 0.05) is 19.8 Å². The molecular formula is C14H22N2O2. The SMILES string of the molecule is CNc1ccc(C)cc1C(=O)NC(C)(C)COC. The quantitative estimate of drug-likeness (QED) is 0.842. The maximum absolute atomic E-state index is 12.3. The Kier molecular flexibility index (Phi) is 4.73. The van der Waals surface area contributed by atoms with E-state index >= 15 is 0 Å². The molecule has 0 atom stereocenters. The van der Waals surface area contributed by atoms with Crippen LogP contribution < -0.4 is 10.6 Å². The van der Waals surface area contributed by atoms with Gasteiger partial charge in [-0.25, -0.2) is 0 Å². The molecule has 0 heterocycles. The second-order valence-electron chi connectivity index (χ2n) is 5.07. The Morgan fingerprint density at radius 3 is 2.61 bits per heavy atom. The molecule has 0 saturated carbocycles. The summed E-state index contributed by atoms with van der Waals surface area (Å²) in [5, 5.41) is 6.00. The van der Waals surface area contributed by atoms with E-state index < -0.39 is 0 Å². The Morgan fingerprint density at radius 2 is 2.06 bits per heavy atom. The van der Waals surface area contributed by atoms with Crippen LogP contribution in [0.5, 0.6) is 0 Å². The molecule has 1 aromatic carbocycles. The molecule has 0 spiro atoms. The number of hydrogen-bond donors (Lipinski definition) is 2. The molecule has 4 nitrogen and oxygen atoms in total. The number of benzene rings is 1. The van der Waals surface area contributed by atoms with Crippen LogP contribution in [0.1, 0.15) is 29.8 Å². The molecule has 1 amide bonds. The predicted molar refractivity (Wildman–Crippen MR) is 74.1 cm³/mol. The van der Waals surface area contributed by atoms with Crippen molar-refractivity contribution in [2.45, 2.75) is 26.3 Å². The van der Waals surface area contributed by atoms with Gasteiger partial charge >= 0.3 is 0 Å². The van der Waals surface area contributed by atoms with Gasteiger partial charge in [-0.15, -0.1) is 0 Å². The number of carbonyl (C=O) groups is 1. The fourth-order valence-corrected chi connectivity index (χ4v) is 1.84. The monoisotopic (exact) mass is 250 g/mol. The molecule has 0 unspecified atom stereocenters. The number of rotatable bonds is 5. The van der Waals surface area contributed by atoms with Crippen LogP contribution in [0.4, 0.5) is 5.69 Å². The van der Waals surface area contributed by atoms with Gasteiger partial charge in [0.15, 0.2) is 0 Å². The van der Waals surface area contributed by atoms with E-state index in [4.69, 9.17) is 4.74 Å². The van der Waals surface area contributed by atoms with Crippen molar-refractivity contribution in [2.75, 3.05) is 26.1 Å². The van der Waals surface area contributed by atoms with E-state index in [1.807, 2.05) is 46.0 Å². The maximum atomic E-state index is 12.3. The number of ether oxygens (including phenoxy) is 1. The topological polar surface area (TPSA) is 50.4 Å². The Balaban J connectivity index is 2.93. The van der Waals surface area contributed by atoms with Gasteiger partial charge in [0.2, 0.25) is 0 Å². The molecule has 0 radical (unpaired) electrons. The molecule has 4 heteroatoms. The first-order valence-corrected chi connectivity index (χ1v) is 5.99. The van der Waals surface area contributed by atoms with Crippen LogP contribution in [0.3, 0.4) is 0 Å². The zero-order valence-electron chi connectivity index (χ0n) is 11.8. The molecular weight excluding hydrogens is 228 g/mol. The number of anilines is 1. The number of nitrogens with one attached hydrogen (secondary N) is 2. The van der Waals surface area contributed by atoms with Crippen molar-refractivity contribution < 1.29 is 9.53 Å². The molecule has 0 aliphatic rings. The highest BCUT2D eigenvalue weighted by molar-refractivity contribution is 6.00. The summed E-state index contributed by atoms with van der Waals surface area (Å²) < 4.78 is 5.09. The first kappa shape index (κ1) is 14.5. The Labute approximate surface area is 109 Å². The number of methoxy groups -OCH3 is 1. The second-order valence-corrected chi connectivity index (χ2v) is 5.07. The Morgan fingerprint density at radius 1 is 1.39 bits per heavy atom. The third-order valence-electron chi connectivity index (χ3n) is 2.65. The van der Waals surface area contributed by atoms with E-state index in [-0.39, 0.29) is 11.4 Å². The van der Waals surface area contributed by atoms with Crippen molar-refractivity contribution >= 4 is 11.6 Å². The normalized spacial score (nSPS) is 11.2. The highest BCUT2D eigenvalue weighted by Crippen LogP contribution is 2.17. The number of hydrogen-bond acceptors (Lipinski definition) is 3. The van der Waals surface area contributed by atoms with Crippen LogP contribution in [-0.4, -0.2) is 32.2 Å². The van der Waals surface area contributed by atoms with Crippen molar-refractivity contribution in [1.29, 1.82) is 0 Å². The molecule has 0 bridgehead atoms. The number of aryl methyl sites for hydroxylation is 1. The van der Waals surface area contributed by atoms with Gasteiger partial charge in [-0.2, -0.15) is 0 Å². The van der Waals surface area contributed by atoms with Gasteiger partial charge in [-0.1, -0.05) is 11.6 Å². The summed E-state index contributed by atoms with van der Waals surface area (Å²) in [4.78, 5) is 12.3. The van der Waals surface area contributed by atoms with Crippen molar-refractivity contribution in [3.05, 3.63) is 29.3 Å². The average Bonchev–Trinajstić information content (AvgIpc) is 2.28. The highest BCUT2D eigenvalue weighted by atomic mass is 16.5. The smallest absolute Gasteiger partial charge is 0.253 e. The summed E-state index contributed by atoms with van der Waals surface area (Å²) in [7, 11) is 3.43. The van der Waals surface area contributed by atoms with Crippen molar-refractivity contribution in [3.63, 3.8) is 0 Å². The van der Waals surface area contributed by atoms with Crippen molar-refractivity contribution in [3.8, 4) is 0 Å². The number of carbonyl (C=O) groups excluding carboxylic acids is 1. The molecule has 0 aliphatic heterocycles. The summed E-state index contributed by atoms with van der Waals surface area (Å²) in [6.45, 7) is 6.31. The van der Waals surface area contributed by atoms with Crippen LogP contribution in [0, 0.1) is 6.92 Å². The fraction of sp³-hybridized carbons (Fsp3) is 0.500. The lowest BCUT2D eigenvalue weighted by molar-refractivity contribution is 0.0820. The molecule has 18 heavy (non-hydrogen) atoms. The molecule has 1 aromatic rings. The van der Waals surface area contributed by atoms with Crippen molar-refractivity contribution in [1.82, 2.24) is 5.32 Å². The van der Waals surface area contributed by atoms with E-state index in [0.717, 1.165) is 11.3 Å². The maximum Gasteiger partial charge on any atom is 0.253 e. The summed E-state index contributed by atoms with van der Waals surface area (Å²) in [6.07, 6.45) is 0. The summed E-state index contributed by atoms with van der Waals surface area (Å²) in [5.74, 6) is -0.0925. The summed E-state index contributed by atoms with van der Waals surface area (Å²) in [6, 6.07) is 5.76. The predicted octanol–water partition coefficient (Wildman–Crippen LogP) is 2.19. The fourth-order valence-electron chi connectivity index (χ4n) is 1.84. The van der Waals surface area contributed by atoms with Crippen LogP contribution in [0.25, 0.3) is 0 Å². The third kappa shape index (κ3) is 3.74. The van der Waals surface area contributed by atoms with Crippen molar-refractivity contribution in [2.24, 2.45) is 0 Å². The summed E-state index contributed by atoms with van der Waals surface area (Å²) in [5.41, 5.74) is 2.15. The van der Waals surface area contributed by atoms with Gasteiger partial charge in [-0.3, -0.25) is 4.79 Å². The molecule has 100 valence electrons. The van der Waals surface area contributed by atoms with Gasteiger partial charge in [0.1, 0.15) is 0 Å². The Hall–Kier alpha value is -1.55. The molecule has 0 aromatic heterocycles. The largest absolute Gasteiger partial charge is 0.387 e. The molecule has 0 saturated heterocycles. The van der Waals surface area contributed by atoms with Crippen LogP contribution >= 0.6 is 0 Å². The molecule has 0 aliphatic carbocycles. The van der Waals surface area contributed by atoms with E-state index in [1.165, 1.54) is 0 Å². The summed E-state index contributed by atoms with van der Waals surface area (Å²) >= 11 is 0. The molecule has 0 fully saturated rings. The minimum atomic E-state index is -0.388. The van der Waals surface area contributed by atoms with Crippen LogP contribution in [0.15, 0.2) is 18.2 Å². The zero-order chi connectivity index (χ0) is 13.8. The lowest BCUT2D eigenvalue weighted by Gasteiger charge is -2.25. The molecule has 1 rings (SSSR count). The van der Waals surface area contributed by atoms with E-state index in [9.17, 15) is 4.79 Å². The minimum absolute atomic E-state index is 0.0925. The first-order chi connectivity index (χ1) is 8.39. The lowest BCUT2D eigenvalue weighted by Crippen LogP contribution is -2.46. The van der Waals surface area contributed by atoms with Crippen LogP contribution in [-0.2, 0) is 4.74 Å². The average molecular weight is 250 g/mol. The van der Waals surface area contributed by atoms with Gasteiger partial charge in [0.25, 0.3) is 5.91 Å². The standard InChI is InChI=1S/C14H22N2O2/c1-10-6-7-12(15-4)11(8-10)13(17)16-14(2,3)9-18-5/h6-8,15H,9H2,1-5H3,(H,16,17). The van der Waals surface area contributed by atoms with Crippen LogP contribution in [0.2, 0.25) is 0 Å². The van der Waals surface area contributed by atoms with Gasteiger partial charge < -0.3 is 15.4 Å². The number of amides is 1. The molecule has 2 N–H and O–H groups in total. The van der Waals surface area contributed by atoms with Gasteiger partial charge in [0.05, 0.1) is 17.7 Å². The lowest BCUT2D eigenvalue weighted by atomic mass is 10.0. The van der Waals surface area contributed by atoms with E-state index in [2.05, 4.69) is 10.6 Å². The zero-order valence-corrected chi connectivity index (χ0v) is 11.8. The van der Waals surface area contributed by atoms with E-state index in [0.29, 0.717) is 12.2 Å². The van der Waals surface area contributed by atoms with E-state index in [1.54, 1.807) is 7.11 Å². The highest BCUT2D eigenvalue weighted by Gasteiger charge is 2.22. The first-order valence-electron chi connectivity index (χ1n) is 5.99.